The quantitative estimate of drug-likeness (QED) is 0.460. The molecule has 0 amide bonds. The number of hydrogen-bond donors (Lipinski definition) is 0. The Hall–Kier alpha value is -2.06. The fraction of sp³-hybridized carbons (Fsp3) is 0.550. The molecule has 0 aromatic heterocycles. The van der Waals surface area contributed by atoms with Crippen LogP contribution in [0.2, 0.25) is 0 Å². The van der Waals surface area contributed by atoms with E-state index >= 15 is 0 Å². The van der Waals surface area contributed by atoms with Gasteiger partial charge in [0.05, 0.1) is 29.5 Å². The van der Waals surface area contributed by atoms with Gasteiger partial charge in [0.1, 0.15) is 0 Å². The molecule has 26 heavy (non-hydrogen) atoms. The number of carbonyl (C=O) groups is 1. The number of aliphatic imine (C=N–C) groups is 1. The Bertz CT molecular complexity index is 802. The maximum absolute atomic E-state index is 13.2. The molecular weight excluding hydrogens is 348 g/mol. The van der Waals surface area contributed by atoms with E-state index in [0.717, 1.165) is 36.8 Å². The predicted octanol–water partition coefficient (Wildman–Crippen LogP) is 3.55. The van der Waals surface area contributed by atoms with Gasteiger partial charge < -0.3 is 9.47 Å². The average molecular weight is 370 g/mol. The molecule has 0 aliphatic heterocycles. The highest BCUT2D eigenvalue weighted by Gasteiger charge is 2.64. The number of fused-ring (bicyclic) bond motifs is 1. The fourth-order valence-corrected chi connectivity index (χ4v) is 4.83. The molecule has 6 heteroatoms. The molecule has 136 valence electrons. The summed E-state index contributed by atoms with van der Waals surface area (Å²) in [5, 5.41) is 11.8. The summed E-state index contributed by atoms with van der Waals surface area (Å²) in [5.74, 6) is -0.401. The third-order valence-corrected chi connectivity index (χ3v) is 6.02. The summed E-state index contributed by atoms with van der Waals surface area (Å²) >= 11 is 4.94. The van der Waals surface area contributed by atoms with Crippen molar-refractivity contribution in [1.29, 1.82) is 5.26 Å². The maximum Gasteiger partial charge on any atom is 0.340 e. The van der Waals surface area contributed by atoms with E-state index in [1.54, 1.807) is 26.2 Å². The van der Waals surface area contributed by atoms with E-state index in [-0.39, 0.29) is 12.7 Å². The molecule has 1 aromatic rings. The highest BCUT2D eigenvalue weighted by atomic mass is 32.1. The minimum atomic E-state index is -1.23. The summed E-state index contributed by atoms with van der Waals surface area (Å²) in [5.41, 5.74) is 0.618. The van der Waals surface area contributed by atoms with Crippen molar-refractivity contribution in [1.82, 2.24) is 0 Å². The summed E-state index contributed by atoms with van der Waals surface area (Å²) < 4.78 is 11.0. The zero-order valence-corrected chi connectivity index (χ0v) is 15.9. The number of hydrogen-bond acceptors (Lipinski definition) is 6. The normalized spacial score (nSPS) is 29.5. The van der Waals surface area contributed by atoms with Crippen LogP contribution in [0.15, 0.2) is 23.2 Å². The minimum Gasteiger partial charge on any atom is -0.464 e. The van der Waals surface area contributed by atoms with Gasteiger partial charge in [-0.2, -0.15) is 5.26 Å². The van der Waals surface area contributed by atoms with Gasteiger partial charge in [0.2, 0.25) is 0 Å². The molecule has 1 spiro atoms. The Kier molecular flexibility index (Phi) is 5.24. The van der Waals surface area contributed by atoms with Gasteiger partial charge in [-0.05, 0) is 74.5 Å². The van der Waals surface area contributed by atoms with Crippen LogP contribution in [0.3, 0.4) is 0 Å². The molecule has 5 nitrogen and oxygen atoms in total. The van der Waals surface area contributed by atoms with E-state index in [4.69, 9.17) is 21.7 Å². The van der Waals surface area contributed by atoms with Gasteiger partial charge in [-0.1, -0.05) is 6.07 Å². The van der Waals surface area contributed by atoms with Crippen LogP contribution >= 0.6 is 12.2 Å². The summed E-state index contributed by atoms with van der Waals surface area (Å²) in [7, 11) is 1.72. The SMILES string of the molecule is CCOC(=O)[C@]1(N=C=S)c2cc(C#N)ccc2CC12CCC(OC)CC2. The van der Waals surface area contributed by atoms with E-state index in [2.05, 4.69) is 16.2 Å². The van der Waals surface area contributed by atoms with Crippen molar-refractivity contribution in [2.75, 3.05) is 13.7 Å². The number of nitriles is 1. The van der Waals surface area contributed by atoms with E-state index in [9.17, 15) is 10.1 Å². The second-order valence-electron chi connectivity index (χ2n) is 7.01. The highest BCUT2D eigenvalue weighted by Crippen LogP contribution is 2.60. The third-order valence-electron chi connectivity index (χ3n) is 5.93. The first-order chi connectivity index (χ1) is 12.6. The number of rotatable bonds is 4. The molecule has 1 fully saturated rings. The van der Waals surface area contributed by atoms with Crippen LogP contribution in [0.4, 0.5) is 0 Å². The lowest BCUT2D eigenvalue weighted by Crippen LogP contribution is -2.51. The standard InChI is InChI=1S/C20H22N2O3S/c1-3-25-18(23)20(22-13-26)17-10-14(12-21)4-5-15(17)11-19(20)8-6-16(24-2)7-9-19/h4-5,10,16H,3,6-9,11H2,1-2H3/t16?,19?,20-/m1/s1. The molecule has 0 saturated heterocycles. The van der Waals surface area contributed by atoms with Crippen molar-refractivity contribution in [2.45, 2.75) is 50.7 Å². The van der Waals surface area contributed by atoms with Crippen LogP contribution in [0.5, 0.6) is 0 Å². The summed E-state index contributed by atoms with van der Waals surface area (Å²) in [6.07, 6.45) is 4.16. The topological polar surface area (TPSA) is 71.7 Å². The molecule has 0 unspecified atom stereocenters. The van der Waals surface area contributed by atoms with E-state index in [0.29, 0.717) is 12.0 Å². The molecule has 1 aromatic carbocycles. The van der Waals surface area contributed by atoms with Gasteiger partial charge in [-0.15, -0.1) is 0 Å². The molecule has 3 rings (SSSR count). The predicted molar refractivity (Wildman–Crippen MR) is 99.9 cm³/mol. The van der Waals surface area contributed by atoms with Crippen molar-refractivity contribution < 1.29 is 14.3 Å². The van der Waals surface area contributed by atoms with Crippen molar-refractivity contribution in [2.24, 2.45) is 10.4 Å². The minimum absolute atomic E-state index is 0.190. The first-order valence-electron chi connectivity index (χ1n) is 8.89. The molecule has 0 radical (unpaired) electrons. The van der Waals surface area contributed by atoms with Crippen LogP contribution in [0.25, 0.3) is 0 Å². The Labute approximate surface area is 159 Å². The number of methoxy groups -OCH3 is 1. The first kappa shape index (κ1) is 18.7. The number of benzene rings is 1. The van der Waals surface area contributed by atoms with Gasteiger partial charge in [-0.3, -0.25) is 0 Å². The molecule has 1 saturated carbocycles. The summed E-state index contributed by atoms with van der Waals surface area (Å²) in [6, 6.07) is 7.63. The molecule has 2 aliphatic carbocycles. The van der Waals surface area contributed by atoms with Gasteiger partial charge in [0.15, 0.2) is 5.54 Å². The lowest BCUT2D eigenvalue weighted by atomic mass is 9.61. The third kappa shape index (κ3) is 2.68. The fourth-order valence-electron chi connectivity index (χ4n) is 4.69. The van der Waals surface area contributed by atoms with E-state index < -0.39 is 16.9 Å². The maximum atomic E-state index is 13.2. The van der Waals surface area contributed by atoms with Crippen LogP contribution in [-0.4, -0.2) is 31.0 Å². The first-order valence-corrected chi connectivity index (χ1v) is 9.30. The second-order valence-corrected chi connectivity index (χ2v) is 7.19. The monoisotopic (exact) mass is 370 g/mol. The van der Waals surface area contributed by atoms with Crippen LogP contribution < -0.4 is 0 Å². The lowest BCUT2D eigenvalue weighted by Gasteiger charge is -2.45. The van der Waals surface area contributed by atoms with Crippen LogP contribution in [0.1, 0.15) is 49.3 Å². The zero-order chi connectivity index (χ0) is 18.8. The number of isothiocyanates is 1. The van der Waals surface area contributed by atoms with E-state index in [1.165, 1.54) is 0 Å². The van der Waals surface area contributed by atoms with Crippen molar-refractivity contribution in [3.05, 3.63) is 34.9 Å². The number of esters is 1. The molecule has 2 aliphatic rings. The molecule has 0 N–H and O–H groups in total. The van der Waals surface area contributed by atoms with Gasteiger partial charge >= 0.3 is 5.97 Å². The van der Waals surface area contributed by atoms with Crippen LogP contribution in [0, 0.1) is 16.7 Å². The second kappa shape index (κ2) is 7.28. The van der Waals surface area contributed by atoms with Gasteiger partial charge in [-0.25, -0.2) is 9.79 Å². The lowest BCUT2D eigenvalue weighted by molar-refractivity contribution is -0.157. The summed E-state index contributed by atoms with van der Waals surface area (Å²) in [4.78, 5) is 17.7. The number of ether oxygens (including phenoxy) is 2. The van der Waals surface area contributed by atoms with Gasteiger partial charge in [0.25, 0.3) is 0 Å². The Morgan fingerprint density at radius 2 is 2.15 bits per heavy atom. The Morgan fingerprint density at radius 1 is 1.42 bits per heavy atom. The average Bonchev–Trinajstić information content (AvgIpc) is 2.92. The Morgan fingerprint density at radius 3 is 2.73 bits per heavy atom. The number of thiocarbonyl (C=S) groups is 1. The highest BCUT2D eigenvalue weighted by molar-refractivity contribution is 7.78. The zero-order valence-electron chi connectivity index (χ0n) is 15.1. The largest absolute Gasteiger partial charge is 0.464 e. The van der Waals surface area contributed by atoms with Crippen molar-refractivity contribution in [3.8, 4) is 6.07 Å². The van der Waals surface area contributed by atoms with E-state index in [1.807, 2.05) is 6.07 Å². The van der Waals surface area contributed by atoms with Crippen LogP contribution in [-0.2, 0) is 26.2 Å². The molecule has 1 atom stereocenters. The van der Waals surface area contributed by atoms with Gasteiger partial charge in [0, 0.05) is 12.5 Å². The smallest absolute Gasteiger partial charge is 0.340 e. The Balaban J connectivity index is 2.20. The molecule has 0 bridgehead atoms. The molecular formula is C20H22N2O3S. The summed E-state index contributed by atoms with van der Waals surface area (Å²) in [6.45, 7) is 2.04. The number of carbonyl (C=O) groups excluding carboxylic acids is 1. The molecule has 0 heterocycles. The number of nitrogens with zero attached hydrogens (tertiary/aromatic N) is 2. The van der Waals surface area contributed by atoms with Crippen molar-refractivity contribution >= 4 is 23.3 Å². The van der Waals surface area contributed by atoms with Crippen molar-refractivity contribution in [3.63, 3.8) is 0 Å².